The Morgan fingerprint density at radius 3 is 2.89 bits per heavy atom. The summed E-state index contributed by atoms with van der Waals surface area (Å²) in [5.41, 5.74) is 0.634. The fourth-order valence-electron chi connectivity index (χ4n) is 2.46. The van der Waals surface area contributed by atoms with Gasteiger partial charge < -0.3 is 4.90 Å². The maximum absolute atomic E-state index is 12.1. The normalized spacial score (nSPS) is 16.7. The van der Waals surface area contributed by atoms with E-state index in [1.807, 2.05) is 9.58 Å². The number of rotatable bonds is 3. The van der Waals surface area contributed by atoms with Crippen molar-refractivity contribution in [2.45, 2.75) is 19.4 Å². The second-order valence-electron chi connectivity index (χ2n) is 4.84. The Balaban J connectivity index is 1.53. The largest absolute Gasteiger partial charge is 0.339 e. The number of carbonyl (C=O) groups excluding carboxylic acids is 1. The van der Waals surface area contributed by atoms with Crippen molar-refractivity contribution >= 4 is 5.91 Å². The molecule has 19 heavy (non-hydrogen) atoms. The van der Waals surface area contributed by atoms with Gasteiger partial charge in [-0.25, -0.2) is 4.98 Å². The van der Waals surface area contributed by atoms with Crippen LogP contribution in [0.4, 0.5) is 0 Å². The van der Waals surface area contributed by atoms with Crippen molar-refractivity contribution in [2.24, 2.45) is 5.92 Å². The molecule has 0 atom stereocenters. The number of carbonyl (C=O) groups is 1. The summed E-state index contributed by atoms with van der Waals surface area (Å²) in [4.78, 5) is 18.0. The number of H-pyrrole nitrogens is 1. The second-order valence-corrected chi connectivity index (χ2v) is 4.84. The van der Waals surface area contributed by atoms with Crippen LogP contribution in [0.25, 0.3) is 0 Å². The van der Waals surface area contributed by atoms with Crippen LogP contribution < -0.4 is 0 Å². The summed E-state index contributed by atoms with van der Waals surface area (Å²) in [7, 11) is 0. The highest BCUT2D eigenvalue weighted by atomic mass is 16.2. The van der Waals surface area contributed by atoms with Gasteiger partial charge in [-0.2, -0.15) is 10.2 Å². The molecule has 0 unspecified atom stereocenters. The maximum atomic E-state index is 12.1. The monoisotopic (exact) mass is 260 g/mol. The first-order valence-corrected chi connectivity index (χ1v) is 6.43. The minimum Gasteiger partial charge on any atom is -0.339 e. The number of aromatic amines is 1. The Morgan fingerprint density at radius 1 is 1.42 bits per heavy atom. The summed E-state index contributed by atoms with van der Waals surface area (Å²) in [6.07, 6.45) is 8.52. The number of likely N-dealkylation sites (tertiary alicyclic amines) is 1. The van der Waals surface area contributed by atoms with E-state index in [1.54, 1.807) is 25.0 Å². The van der Waals surface area contributed by atoms with Gasteiger partial charge in [0.15, 0.2) is 0 Å². The first-order valence-electron chi connectivity index (χ1n) is 6.43. The fourth-order valence-corrected chi connectivity index (χ4v) is 2.46. The van der Waals surface area contributed by atoms with Crippen LogP contribution in [-0.2, 0) is 6.54 Å². The van der Waals surface area contributed by atoms with E-state index in [9.17, 15) is 4.79 Å². The van der Waals surface area contributed by atoms with Gasteiger partial charge >= 0.3 is 0 Å². The molecule has 0 radical (unpaired) electrons. The predicted octanol–water partition coefficient (Wildman–Crippen LogP) is 0.554. The lowest BCUT2D eigenvalue weighted by molar-refractivity contribution is 0.0681. The van der Waals surface area contributed by atoms with Crippen LogP contribution in [0, 0.1) is 5.92 Å². The van der Waals surface area contributed by atoms with E-state index < -0.39 is 0 Å². The number of hydrogen-bond donors (Lipinski definition) is 1. The van der Waals surface area contributed by atoms with Gasteiger partial charge in [-0.1, -0.05) is 0 Å². The third kappa shape index (κ3) is 2.64. The van der Waals surface area contributed by atoms with Crippen molar-refractivity contribution in [3.05, 3.63) is 30.6 Å². The lowest BCUT2D eigenvalue weighted by Crippen LogP contribution is -2.39. The molecule has 1 N–H and O–H groups in total. The molecular formula is C12H16N6O. The molecule has 0 bridgehead atoms. The number of aromatic nitrogens is 5. The fraction of sp³-hybridized carbons (Fsp3) is 0.500. The van der Waals surface area contributed by atoms with Gasteiger partial charge in [-0.3, -0.25) is 14.6 Å². The highest BCUT2D eigenvalue weighted by Crippen LogP contribution is 2.20. The molecule has 100 valence electrons. The summed E-state index contributed by atoms with van der Waals surface area (Å²) in [5, 5.41) is 10.6. The maximum Gasteiger partial charge on any atom is 0.257 e. The Labute approximate surface area is 110 Å². The van der Waals surface area contributed by atoms with E-state index in [0.717, 1.165) is 32.5 Å². The Bertz CT molecular complexity index is 512. The average Bonchev–Trinajstić information content (AvgIpc) is 3.12. The van der Waals surface area contributed by atoms with Crippen LogP contribution in [0.1, 0.15) is 23.2 Å². The van der Waals surface area contributed by atoms with Crippen LogP contribution >= 0.6 is 0 Å². The van der Waals surface area contributed by atoms with E-state index in [2.05, 4.69) is 20.3 Å². The smallest absolute Gasteiger partial charge is 0.257 e. The second kappa shape index (κ2) is 5.21. The predicted molar refractivity (Wildman–Crippen MR) is 67.2 cm³/mol. The molecule has 1 fully saturated rings. The number of nitrogens with zero attached hydrogens (tertiary/aromatic N) is 5. The SMILES string of the molecule is O=C(c1cn[nH]c1)N1CCC(Cn2cncn2)CC1. The van der Waals surface area contributed by atoms with Gasteiger partial charge in [0.1, 0.15) is 12.7 Å². The summed E-state index contributed by atoms with van der Waals surface area (Å²) < 4.78 is 1.86. The Morgan fingerprint density at radius 2 is 2.26 bits per heavy atom. The zero-order valence-corrected chi connectivity index (χ0v) is 10.6. The molecule has 1 aliphatic rings. The zero-order valence-electron chi connectivity index (χ0n) is 10.6. The van der Waals surface area contributed by atoms with Crippen molar-refractivity contribution in [1.82, 2.24) is 29.9 Å². The molecule has 0 spiro atoms. The lowest BCUT2D eigenvalue weighted by Gasteiger charge is -2.31. The van der Waals surface area contributed by atoms with Crippen LogP contribution in [0.5, 0.6) is 0 Å². The minimum absolute atomic E-state index is 0.0629. The van der Waals surface area contributed by atoms with Gasteiger partial charge in [0, 0.05) is 25.8 Å². The van der Waals surface area contributed by atoms with Crippen LogP contribution in [0.15, 0.2) is 25.0 Å². The quantitative estimate of drug-likeness (QED) is 0.874. The van der Waals surface area contributed by atoms with Crippen LogP contribution in [0.3, 0.4) is 0 Å². The first kappa shape index (κ1) is 11.9. The molecule has 0 saturated carbocycles. The minimum atomic E-state index is 0.0629. The summed E-state index contributed by atoms with van der Waals surface area (Å²) >= 11 is 0. The van der Waals surface area contributed by atoms with Crippen molar-refractivity contribution in [3.63, 3.8) is 0 Å². The molecule has 0 aliphatic carbocycles. The highest BCUT2D eigenvalue weighted by molar-refractivity contribution is 5.93. The summed E-state index contributed by atoms with van der Waals surface area (Å²) in [6, 6.07) is 0. The highest BCUT2D eigenvalue weighted by Gasteiger charge is 2.24. The van der Waals surface area contributed by atoms with Crippen molar-refractivity contribution in [2.75, 3.05) is 13.1 Å². The van der Waals surface area contributed by atoms with Crippen LogP contribution in [0.2, 0.25) is 0 Å². The number of piperidine rings is 1. The Kier molecular flexibility index (Phi) is 3.26. The van der Waals surface area contributed by atoms with Crippen molar-refractivity contribution in [1.29, 1.82) is 0 Å². The summed E-state index contributed by atoms with van der Waals surface area (Å²) in [6.45, 7) is 2.47. The molecule has 0 aromatic carbocycles. The van der Waals surface area contributed by atoms with Gasteiger partial charge in [-0.15, -0.1) is 0 Å². The van der Waals surface area contributed by atoms with E-state index in [1.165, 1.54) is 0 Å². The van der Waals surface area contributed by atoms with Gasteiger partial charge in [0.25, 0.3) is 5.91 Å². The molecule has 2 aromatic heterocycles. The van der Waals surface area contributed by atoms with Crippen molar-refractivity contribution < 1.29 is 4.79 Å². The van der Waals surface area contributed by atoms with E-state index >= 15 is 0 Å². The van der Waals surface area contributed by atoms with Gasteiger partial charge in [0.05, 0.1) is 11.8 Å². The average molecular weight is 260 g/mol. The molecule has 1 aliphatic heterocycles. The molecule has 3 rings (SSSR count). The third-order valence-corrected chi connectivity index (χ3v) is 3.56. The lowest BCUT2D eigenvalue weighted by atomic mass is 9.96. The summed E-state index contributed by atoms with van der Waals surface area (Å²) in [5.74, 6) is 0.628. The molecule has 1 amide bonds. The molecule has 3 heterocycles. The zero-order chi connectivity index (χ0) is 13.1. The van der Waals surface area contributed by atoms with Crippen LogP contribution in [-0.4, -0.2) is 48.9 Å². The van der Waals surface area contributed by atoms with Crippen molar-refractivity contribution in [3.8, 4) is 0 Å². The first-order chi connectivity index (χ1) is 9.33. The molecule has 7 nitrogen and oxygen atoms in total. The number of amides is 1. The topological polar surface area (TPSA) is 79.7 Å². The van der Waals surface area contributed by atoms with E-state index in [4.69, 9.17) is 0 Å². The van der Waals surface area contributed by atoms with E-state index in [-0.39, 0.29) is 5.91 Å². The standard InChI is InChI=1S/C12H16N6O/c19-12(11-5-14-15-6-11)17-3-1-10(2-4-17)7-18-9-13-8-16-18/h5-6,8-10H,1-4,7H2,(H,14,15). The molecular weight excluding hydrogens is 244 g/mol. The van der Waals surface area contributed by atoms with Gasteiger partial charge in [-0.05, 0) is 18.8 Å². The number of hydrogen-bond acceptors (Lipinski definition) is 4. The molecule has 1 saturated heterocycles. The third-order valence-electron chi connectivity index (χ3n) is 3.56. The van der Waals surface area contributed by atoms with E-state index in [0.29, 0.717) is 11.5 Å². The van der Waals surface area contributed by atoms with Gasteiger partial charge in [0.2, 0.25) is 0 Å². The molecule has 2 aromatic rings. The Hall–Kier alpha value is -2.18. The number of nitrogens with one attached hydrogen (secondary N) is 1. The molecule has 7 heteroatoms.